The van der Waals surface area contributed by atoms with E-state index in [-0.39, 0.29) is 17.0 Å². The van der Waals surface area contributed by atoms with E-state index >= 15 is 0 Å². The number of non-ortho nitro benzene ring substituents is 1. The molecule has 1 aliphatic rings. The molecule has 1 aromatic heterocycles. The molecular formula is C15H19N3O4. The number of aromatic nitrogens is 1. The summed E-state index contributed by atoms with van der Waals surface area (Å²) in [5.74, 6) is -0.0498. The third kappa shape index (κ3) is 3.90. The number of nitrogens with zero attached hydrogens (tertiary/aromatic N) is 3. The third-order valence-electron chi connectivity index (χ3n) is 3.54. The van der Waals surface area contributed by atoms with E-state index in [1.165, 1.54) is 44.3 Å². The Bertz CT molecular complexity index is 642. The summed E-state index contributed by atoms with van der Waals surface area (Å²) in [6.45, 7) is 3.58. The Labute approximate surface area is 128 Å². The van der Waals surface area contributed by atoms with Crippen molar-refractivity contribution in [2.24, 2.45) is 0 Å². The quantitative estimate of drug-likeness (QED) is 0.664. The fourth-order valence-electron chi connectivity index (χ4n) is 2.45. The van der Waals surface area contributed by atoms with Gasteiger partial charge in [-0.3, -0.25) is 15.1 Å². The lowest BCUT2D eigenvalue weighted by atomic mass is 10.2. The molecule has 0 spiro atoms. The zero-order valence-electron chi connectivity index (χ0n) is 12.2. The summed E-state index contributed by atoms with van der Waals surface area (Å²) in [5, 5.41) is 28.8. The maximum atomic E-state index is 10.6. The Morgan fingerprint density at radius 1 is 1.27 bits per heavy atom. The van der Waals surface area contributed by atoms with Gasteiger partial charge in [0.05, 0.1) is 16.9 Å². The molecule has 0 saturated carbocycles. The summed E-state index contributed by atoms with van der Waals surface area (Å²) in [6.07, 6.45) is 4.12. The predicted octanol–water partition coefficient (Wildman–Crippen LogP) is 1.92. The van der Waals surface area contributed by atoms with E-state index in [9.17, 15) is 15.2 Å². The van der Waals surface area contributed by atoms with Gasteiger partial charge in [0.25, 0.3) is 5.69 Å². The van der Waals surface area contributed by atoms with E-state index in [4.69, 9.17) is 5.11 Å². The van der Waals surface area contributed by atoms with Crippen molar-refractivity contribution in [3.8, 4) is 5.75 Å². The Balaban J connectivity index is 0.000000188. The van der Waals surface area contributed by atoms with Crippen molar-refractivity contribution in [3.05, 3.63) is 40.6 Å². The zero-order valence-corrected chi connectivity index (χ0v) is 12.2. The van der Waals surface area contributed by atoms with E-state index in [2.05, 4.69) is 9.88 Å². The number of hydrogen-bond donors (Lipinski definition) is 2. The molecule has 1 saturated heterocycles. The number of aromatic hydroxyl groups is 1. The minimum Gasteiger partial charge on any atom is -0.506 e. The number of rotatable bonds is 3. The van der Waals surface area contributed by atoms with Crippen molar-refractivity contribution in [3.63, 3.8) is 0 Å². The van der Waals surface area contributed by atoms with E-state index in [1.807, 2.05) is 0 Å². The largest absolute Gasteiger partial charge is 0.506 e. The summed E-state index contributed by atoms with van der Waals surface area (Å²) in [5.41, 5.74) is 0.201. The van der Waals surface area contributed by atoms with Crippen LogP contribution in [0.15, 0.2) is 30.5 Å². The van der Waals surface area contributed by atoms with Crippen molar-refractivity contribution in [2.75, 3.05) is 26.2 Å². The second kappa shape index (κ2) is 7.67. The van der Waals surface area contributed by atoms with E-state index in [0.717, 1.165) is 6.54 Å². The zero-order chi connectivity index (χ0) is 15.9. The first-order valence-corrected chi connectivity index (χ1v) is 7.18. The number of hydrogen-bond acceptors (Lipinski definition) is 6. The van der Waals surface area contributed by atoms with Crippen LogP contribution < -0.4 is 0 Å². The van der Waals surface area contributed by atoms with Crippen LogP contribution in [0.5, 0.6) is 5.75 Å². The van der Waals surface area contributed by atoms with Gasteiger partial charge in [0.1, 0.15) is 11.3 Å². The van der Waals surface area contributed by atoms with Gasteiger partial charge in [0.15, 0.2) is 0 Å². The highest BCUT2D eigenvalue weighted by atomic mass is 16.6. The monoisotopic (exact) mass is 305 g/mol. The molecule has 3 rings (SSSR count). The van der Waals surface area contributed by atoms with Gasteiger partial charge < -0.3 is 15.1 Å². The molecule has 1 fully saturated rings. The number of pyridine rings is 1. The van der Waals surface area contributed by atoms with Crippen LogP contribution in [-0.2, 0) is 0 Å². The third-order valence-corrected chi connectivity index (χ3v) is 3.54. The van der Waals surface area contributed by atoms with Crippen LogP contribution in [0.25, 0.3) is 10.9 Å². The van der Waals surface area contributed by atoms with Crippen LogP contribution in [0.3, 0.4) is 0 Å². The van der Waals surface area contributed by atoms with Crippen molar-refractivity contribution in [2.45, 2.75) is 12.8 Å². The molecule has 118 valence electrons. The number of nitro benzene ring substituents is 1. The first-order chi connectivity index (χ1) is 10.6. The molecule has 2 aromatic rings. The fourth-order valence-corrected chi connectivity index (χ4v) is 2.45. The number of β-amino-alcohol motifs (C(OH)–C–C–N with tert-alkyl or cyclic N) is 1. The summed E-state index contributed by atoms with van der Waals surface area (Å²) in [4.78, 5) is 16.3. The van der Waals surface area contributed by atoms with Crippen LogP contribution in [-0.4, -0.2) is 51.3 Å². The van der Waals surface area contributed by atoms with Gasteiger partial charge in [-0.05, 0) is 44.1 Å². The highest BCUT2D eigenvalue weighted by Gasteiger charge is 2.13. The van der Waals surface area contributed by atoms with Gasteiger partial charge in [-0.1, -0.05) is 0 Å². The van der Waals surface area contributed by atoms with Crippen molar-refractivity contribution in [1.82, 2.24) is 9.88 Å². The summed E-state index contributed by atoms with van der Waals surface area (Å²) < 4.78 is 0. The first kappa shape index (κ1) is 16.1. The number of aliphatic hydroxyl groups is 1. The minimum absolute atomic E-state index is 0.0498. The van der Waals surface area contributed by atoms with Crippen molar-refractivity contribution < 1.29 is 15.1 Å². The van der Waals surface area contributed by atoms with E-state index < -0.39 is 4.92 Å². The molecule has 2 N–H and O–H groups in total. The minimum atomic E-state index is -0.497. The number of fused-ring (bicyclic) bond motifs is 1. The standard InChI is InChI=1S/C9H6N2O3.C6H13NO/c12-8-4-3-7(11(13)14)6-2-1-5-10-9(6)8;8-6-5-7-3-1-2-4-7/h1-5,12H;8H,1-6H2. The fraction of sp³-hybridized carbons (Fsp3) is 0.400. The maximum Gasteiger partial charge on any atom is 0.279 e. The SMILES string of the molecule is O=[N+]([O-])c1ccc(O)c2ncccc12.OCCN1CCCC1. The molecule has 7 heteroatoms. The molecule has 0 aliphatic carbocycles. The van der Waals surface area contributed by atoms with Crippen LogP contribution in [0.1, 0.15) is 12.8 Å². The number of likely N-dealkylation sites (tertiary alicyclic amines) is 1. The van der Waals surface area contributed by atoms with Crippen LogP contribution in [0.2, 0.25) is 0 Å². The van der Waals surface area contributed by atoms with Gasteiger partial charge in [-0.15, -0.1) is 0 Å². The highest BCUT2D eigenvalue weighted by molar-refractivity contribution is 5.91. The molecule has 1 aromatic carbocycles. The summed E-state index contributed by atoms with van der Waals surface area (Å²) >= 11 is 0. The van der Waals surface area contributed by atoms with Gasteiger partial charge in [-0.25, -0.2) is 0 Å². The first-order valence-electron chi connectivity index (χ1n) is 7.18. The average Bonchev–Trinajstić information content (AvgIpc) is 3.02. The van der Waals surface area contributed by atoms with Gasteiger partial charge in [0.2, 0.25) is 0 Å². The number of aliphatic hydroxyl groups excluding tert-OH is 1. The Kier molecular flexibility index (Phi) is 5.62. The summed E-state index contributed by atoms with van der Waals surface area (Å²) in [6, 6.07) is 5.68. The molecular weight excluding hydrogens is 286 g/mol. The number of phenols is 1. The maximum absolute atomic E-state index is 10.6. The molecule has 7 nitrogen and oxygen atoms in total. The van der Waals surface area contributed by atoms with Crippen LogP contribution in [0, 0.1) is 10.1 Å². The highest BCUT2D eigenvalue weighted by Crippen LogP contribution is 2.29. The normalized spacial score (nSPS) is 14.6. The molecule has 0 radical (unpaired) electrons. The van der Waals surface area contributed by atoms with Crippen LogP contribution in [0.4, 0.5) is 5.69 Å². The smallest absolute Gasteiger partial charge is 0.279 e. The lowest BCUT2D eigenvalue weighted by Gasteiger charge is -2.10. The predicted molar refractivity (Wildman–Crippen MR) is 82.8 cm³/mol. The molecule has 0 unspecified atom stereocenters. The molecule has 1 aliphatic heterocycles. The Morgan fingerprint density at radius 3 is 2.64 bits per heavy atom. The summed E-state index contributed by atoms with van der Waals surface area (Å²) in [7, 11) is 0. The molecule has 0 amide bonds. The van der Waals surface area contributed by atoms with E-state index in [0.29, 0.717) is 12.0 Å². The van der Waals surface area contributed by atoms with Crippen molar-refractivity contribution >= 4 is 16.6 Å². The van der Waals surface area contributed by atoms with E-state index in [1.54, 1.807) is 12.1 Å². The van der Waals surface area contributed by atoms with Crippen LogP contribution >= 0.6 is 0 Å². The van der Waals surface area contributed by atoms with Gasteiger partial charge in [0, 0.05) is 18.8 Å². The average molecular weight is 305 g/mol. The molecule has 22 heavy (non-hydrogen) atoms. The Morgan fingerprint density at radius 2 is 2.00 bits per heavy atom. The van der Waals surface area contributed by atoms with Gasteiger partial charge >= 0.3 is 0 Å². The molecule has 0 atom stereocenters. The second-order valence-electron chi connectivity index (χ2n) is 5.03. The Hall–Kier alpha value is -2.25. The molecule has 0 bridgehead atoms. The molecule has 2 heterocycles. The lowest BCUT2D eigenvalue weighted by Crippen LogP contribution is -2.22. The topological polar surface area (TPSA) is 99.7 Å². The number of phenolic OH excluding ortho intramolecular Hbond substituents is 1. The van der Waals surface area contributed by atoms with Crippen molar-refractivity contribution in [1.29, 1.82) is 0 Å². The number of benzene rings is 1. The lowest BCUT2D eigenvalue weighted by molar-refractivity contribution is -0.383. The number of nitro groups is 1. The van der Waals surface area contributed by atoms with Gasteiger partial charge in [-0.2, -0.15) is 0 Å². The second-order valence-corrected chi connectivity index (χ2v) is 5.03.